The molecule has 0 bridgehead atoms. The summed E-state index contributed by atoms with van der Waals surface area (Å²) in [6, 6.07) is 0. The van der Waals surface area contributed by atoms with Crippen LogP contribution in [0.15, 0.2) is 0 Å². The summed E-state index contributed by atoms with van der Waals surface area (Å²) in [7, 11) is 0. The van der Waals surface area contributed by atoms with Gasteiger partial charge in [0.1, 0.15) is 0 Å². The minimum atomic E-state index is 0.872. The maximum atomic E-state index is 5.48. The molecule has 0 atom stereocenters. The van der Waals surface area contributed by atoms with Gasteiger partial charge >= 0.3 is 0 Å². The van der Waals surface area contributed by atoms with Crippen LogP contribution in [-0.4, -0.2) is 31.1 Å². The Morgan fingerprint density at radius 1 is 0.611 bits per heavy atom. The summed E-state index contributed by atoms with van der Waals surface area (Å²) < 4.78 is 0. The van der Waals surface area contributed by atoms with Gasteiger partial charge in [0.25, 0.3) is 0 Å². The fourth-order valence-electron chi connectivity index (χ4n) is 2.90. The summed E-state index contributed by atoms with van der Waals surface area (Å²) in [5, 5.41) is 0. The van der Waals surface area contributed by atoms with Gasteiger partial charge in [0, 0.05) is 0 Å². The van der Waals surface area contributed by atoms with Crippen LogP contribution < -0.4 is 5.73 Å². The molecule has 1 rings (SSSR count). The predicted octanol–water partition coefficient (Wildman–Crippen LogP) is 3.94. The van der Waals surface area contributed by atoms with Gasteiger partial charge in [-0.1, -0.05) is 51.4 Å². The monoisotopic (exact) mass is 254 g/mol. The van der Waals surface area contributed by atoms with E-state index in [1.807, 2.05) is 0 Å². The summed E-state index contributed by atoms with van der Waals surface area (Å²) in [4.78, 5) is 2.66. The van der Waals surface area contributed by atoms with Crippen molar-refractivity contribution >= 4 is 0 Å². The molecule has 0 aliphatic carbocycles. The summed E-state index contributed by atoms with van der Waals surface area (Å²) in [5.74, 6) is 0. The molecule has 2 nitrogen and oxygen atoms in total. The van der Waals surface area contributed by atoms with Gasteiger partial charge in [0.2, 0.25) is 0 Å². The molecule has 1 fully saturated rings. The highest BCUT2D eigenvalue weighted by atomic mass is 15.1. The zero-order valence-corrected chi connectivity index (χ0v) is 12.3. The highest BCUT2D eigenvalue weighted by Crippen LogP contribution is 2.12. The van der Waals surface area contributed by atoms with E-state index in [1.54, 1.807) is 0 Å². The molecular formula is C16H34N2. The molecule has 0 amide bonds. The maximum Gasteiger partial charge on any atom is -0.00187 e. The Hall–Kier alpha value is -0.0800. The molecule has 0 aromatic carbocycles. The summed E-state index contributed by atoms with van der Waals surface area (Å²) in [6.45, 7) is 4.95. The van der Waals surface area contributed by atoms with Gasteiger partial charge in [0.05, 0.1) is 0 Å². The Morgan fingerprint density at radius 3 is 1.67 bits per heavy atom. The molecule has 1 saturated heterocycles. The van der Waals surface area contributed by atoms with Crippen molar-refractivity contribution in [3.05, 3.63) is 0 Å². The van der Waals surface area contributed by atoms with Crippen molar-refractivity contribution in [3.63, 3.8) is 0 Å². The van der Waals surface area contributed by atoms with Crippen molar-refractivity contribution in [1.82, 2.24) is 4.90 Å². The third kappa shape index (κ3) is 8.93. The van der Waals surface area contributed by atoms with E-state index in [0.29, 0.717) is 0 Å². The van der Waals surface area contributed by atoms with Gasteiger partial charge in [-0.05, 0) is 51.9 Å². The predicted molar refractivity (Wildman–Crippen MR) is 80.9 cm³/mol. The minimum Gasteiger partial charge on any atom is -0.330 e. The lowest BCUT2D eigenvalue weighted by atomic mass is 10.1. The van der Waals surface area contributed by atoms with Gasteiger partial charge < -0.3 is 10.6 Å². The van der Waals surface area contributed by atoms with E-state index in [1.165, 1.54) is 96.7 Å². The Balaban J connectivity index is 1.73. The van der Waals surface area contributed by atoms with Crippen molar-refractivity contribution in [2.75, 3.05) is 26.2 Å². The fraction of sp³-hybridized carbons (Fsp3) is 1.00. The lowest BCUT2D eigenvalue weighted by Gasteiger charge is -2.26. The van der Waals surface area contributed by atoms with E-state index < -0.39 is 0 Å². The molecule has 0 unspecified atom stereocenters. The quantitative estimate of drug-likeness (QED) is 0.566. The average molecular weight is 254 g/mol. The molecule has 1 aliphatic heterocycles. The molecule has 1 aliphatic rings. The van der Waals surface area contributed by atoms with Gasteiger partial charge in [-0.2, -0.15) is 0 Å². The summed E-state index contributed by atoms with van der Waals surface area (Å²) in [6.07, 6.45) is 16.9. The number of unbranched alkanes of at least 4 members (excludes halogenated alkanes) is 8. The van der Waals surface area contributed by atoms with Crippen LogP contribution in [0.25, 0.3) is 0 Å². The Morgan fingerprint density at radius 2 is 1.11 bits per heavy atom. The molecule has 0 aromatic heterocycles. The third-order valence-corrected chi connectivity index (χ3v) is 4.13. The lowest BCUT2D eigenvalue weighted by Crippen LogP contribution is -2.30. The average Bonchev–Trinajstić information content (AvgIpc) is 2.42. The first kappa shape index (κ1) is 16.0. The fourth-order valence-corrected chi connectivity index (χ4v) is 2.90. The first-order valence-electron chi connectivity index (χ1n) is 8.36. The van der Waals surface area contributed by atoms with E-state index in [-0.39, 0.29) is 0 Å². The molecule has 0 saturated carbocycles. The van der Waals surface area contributed by atoms with Crippen LogP contribution in [0, 0.1) is 0 Å². The minimum absolute atomic E-state index is 0.872. The first-order valence-corrected chi connectivity index (χ1v) is 8.36. The van der Waals surface area contributed by atoms with Crippen LogP contribution in [0.5, 0.6) is 0 Å². The van der Waals surface area contributed by atoms with Gasteiger partial charge in [0.15, 0.2) is 0 Å². The van der Waals surface area contributed by atoms with Crippen LogP contribution in [0.1, 0.15) is 77.0 Å². The highest BCUT2D eigenvalue weighted by Gasteiger charge is 2.08. The Kier molecular flexibility index (Phi) is 10.6. The van der Waals surface area contributed by atoms with Gasteiger partial charge in [-0.15, -0.1) is 0 Å². The molecule has 18 heavy (non-hydrogen) atoms. The van der Waals surface area contributed by atoms with Crippen LogP contribution >= 0.6 is 0 Å². The van der Waals surface area contributed by atoms with E-state index >= 15 is 0 Å². The smallest absolute Gasteiger partial charge is 0.00187 e. The van der Waals surface area contributed by atoms with Crippen LogP contribution in [0.2, 0.25) is 0 Å². The number of rotatable bonds is 11. The Labute approximate surface area is 114 Å². The molecular weight excluding hydrogens is 220 g/mol. The highest BCUT2D eigenvalue weighted by molar-refractivity contribution is 4.64. The molecule has 2 N–H and O–H groups in total. The van der Waals surface area contributed by atoms with E-state index in [9.17, 15) is 0 Å². The van der Waals surface area contributed by atoms with Crippen LogP contribution in [-0.2, 0) is 0 Å². The second-order valence-corrected chi connectivity index (χ2v) is 5.87. The molecule has 0 aromatic rings. The number of hydrogen-bond acceptors (Lipinski definition) is 2. The lowest BCUT2D eigenvalue weighted by molar-refractivity contribution is 0.224. The van der Waals surface area contributed by atoms with Crippen LogP contribution in [0.3, 0.4) is 0 Å². The van der Waals surface area contributed by atoms with Gasteiger partial charge in [-0.3, -0.25) is 0 Å². The standard InChI is InChI=1S/C16H34N2/c17-13-9-6-4-2-1-3-5-7-10-14-18-15-11-8-12-16-18/h1-17H2. The molecule has 108 valence electrons. The van der Waals surface area contributed by atoms with E-state index in [0.717, 1.165) is 6.54 Å². The number of likely N-dealkylation sites (tertiary alicyclic amines) is 1. The molecule has 0 radical (unpaired) electrons. The first-order chi connectivity index (χ1) is 8.93. The maximum absolute atomic E-state index is 5.48. The molecule has 1 heterocycles. The van der Waals surface area contributed by atoms with E-state index in [4.69, 9.17) is 5.73 Å². The van der Waals surface area contributed by atoms with Crippen molar-refractivity contribution in [2.24, 2.45) is 5.73 Å². The van der Waals surface area contributed by atoms with E-state index in [2.05, 4.69) is 4.90 Å². The molecule has 0 spiro atoms. The number of hydrogen-bond donors (Lipinski definition) is 1. The van der Waals surface area contributed by atoms with Crippen LogP contribution in [0.4, 0.5) is 0 Å². The second kappa shape index (κ2) is 12.0. The van der Waals surface area contributed by atoms with Crippen molar-refractivity contribution in [1.29, 1.82) is 0 Å². The van der Waals surface area contributed by atoms with Crippen molar-refractivity contribution in [2.45, 2.75) is 77.0 Å². The third-order valence-electron chi connectivity index (χ3n) is 4.13. The zero-order chi connectivity index (χ0) is 12.9. The number of nitrogens with two attached hydrogens (primary N) is 1. The largest absolute Gasteiger partial charge is 0.330 e. The SMILES string of the molecule is NCCCCCCCCCCCN1CCCCC1. The Bertz CT molecular complexity index is 164. The number of nitrogens with zero attached hydrogens (tertiary/aromatic N) is 1. The van der Waals surface area contributed by atoms with Gasteiger partial charge in [-0.25, -0.2) is 0 Å². The number of piperidine rings is 1. The van der Waals surface area contributed by atoms with Crippen molar-refractivity contribution < 1.29 is 0 Å². The van der Waals surface area contributed by atoms with Crippen molar-refractivity contribution in [3.8, 4) is 0 Å². The normalized spacial score (nSPS) is 17.2. The summed E-state index contributed by atoms with van der Waals surface area (Å²) >= 11 is 0. The summed E-state index contributed by atoms with van der Waals surface area (Å²) in [5.41, 5.74) is 5.48. The molecule has 2 heteroatoms. The second-order valence-electron chi connectivity index (χ2n) is 5.87. The topological polar surface area (TPSA) is 29.3 Å². The zero-order valence-electron chi connectivity index (χ0n) is 12.3.